The van der Waals surface area contributed by atoms with Crippen molar-refractivity contribution in [2.75, 3.05) is 11.4 Å². The normalized spacial score (nSPS) is 18.1. The van der Waals surface area contributed by atoms with Crippen LogP contribution in [-0.4, -0.2) is 33.1 Å². The van der Waals surface area contributed by atoms with Gasteiger partial charge in [0.1, 0.15) is 5.82 Å². The Kier molecular flexibility index (Phi) is 3.47. The number of aromatic carboxylic acids is 1. The molecule has 0 amide bonds. The first-order valence-electron chi connectivity index (χ1n) is 6.71. The molecule has 2 rings (SSSR count). The molecule has 0 bridgehead atoms. The molecule has 1 aliphatic heterocycles. The minimum Gasteiger partial charge on any atom is -0.476 e. The number of hydrogen-bond acceptors (Lipinski definition) is 4. The van der Waals surface area contributed by atoms with Gasteiger partial charge in [-0.1, -0.05) is 13.8 Å². The molecule has 0 aliphatic carbocycles. The molecular formula is C14H21N3O2. The minimum atomic E-state index is -0.984. The van der Waals surface area contributed by atoms with Crippen molar-refractivity contribution in [1.82, 2.24) is 9.97 Å². The van der Waals surface area contributed by atoms with E-state index in [4.69, 9.17) is 0 Å². The van der Waals surface area contributed by atoms with Gasteiger partial charge in [-0.05, 0) is 26.7 Å². The molecule has 5 heteroatoms. The zero-order chi connectivity index (χ0) is 14.2. The minimum absolute atomic E-state index is 0.0348. The van der Waals surface area contributed by atoms with Gasteiger partial charge in [0.05, 0.1) is 11.9 Å². The number of hydrogen-bond donors (Lipinski definition) is 1. The molecular weight excluding hydrogens is 242 g/mol. The van der Waals surface area contributed by atoms with Crippen LogP contribution in [0.4, 0.5) is 5.69 Å². The van der Waals surface area contributed by atoms with Crippen molar-refractivity contribution in [2.24, 2.45) is 0 Å². The van der Waals surface area contributed by atoms with Gasteiger partial charge >= 0.3 is 5.97 Å². The summed E-state index contributed by atoms with van der Waals surface area (Å²) < 4.78 is 0. The summed E-state index contributed by atoms with van der Waals surface area (Å²) in [7, 11) is 0. The standard InChI is InChI=1S/C14H21N3O2/c1-9(2)12-15-8-10(11(16-12)13(18)19)17-7-5-6-14(17,3)4/h8-9H,5-7H2,1-4H3,(H,18,19). The highest BCUT2D eigenvalue weighted by Gasteiger charge is 2.35. The van der Waals surface area contributed by atoms with E-state index in [0.29, 0.717) is 11.5 Å². The molecule has 1 fully saturated rings. The maximum absolute atomic E-state index is 11.4. The quantitative estimate of drug-likeness (QED) is 0.908. The molecule has 5 nitrogen and oxygen atoms in total. The first-order valence-corrected chi connectivity index (χ1v) is 6.71. The lowest BCUT2D eigenvalue weighted by Crippen LogP contribution is -2.39. The average Bonchev–Trinajstić information content (AvgIpc) is 2.67. The number of rotatable bonds is 3. The molecule has 0 aromatic carbocycles. The van der Waals surface area contributed by atoms with Crippen molar-refractivity contribution >= 4 is 11.7 Å². The van der Waals surface area contributed by atoms with Gasteiger partial charge in [0.15, 0.2) is 5.69 Å². The molecule has 0 unspecified atom stereocenters. The summed E-state index contributed by atoms with van der Waals surface area (Å²) in [5, 5.41) is 9.39. The van der Waals surface area contributed by atoms with Crippen LogP contribution in [0, 0.1) is 0 Å². The topological polar surface area (TPSA) is 66.3 Å². The Morgan fingerprint density at radius 2 is 2.16 bits per heavy atom. The van der Waals surface area contributed by atoms with Gasteiger partial charge in [0, 0.05) is 18.0 Å². The van der Waals surface area contributed by atoms with Crippen LogP contribution in [0.5, 0.6) is 0 Å². The molecule has 0 saturated carbocycles. The first-order chi connectivity index (χ1) is 8.83. The Labute approximate surface area is 113 Å². The summed E-state index contributed by atoms with van der Waals surface area (Å²) in [6.45, 7) is 9.03. The van der Waals surface area contributed by atoms with Gasteiger partial charge in [0.2, 0.25) is 0 Å². The largest absolute Gasteiger partial charge is 0.476 e. The fourth-order valence-electron chi connectivity index (χ4n) is 2.58. The van der Waals surface area contributed by atoms with Crippen LogP contribution >= 0.6 is 0 Å². The van der Waals surface area contributed by atoms with Gasteiger partial charge < -0.3 is 10.0 Å². The molecule has 19 heavy (non-hydrogen) atoms. The first kappa shape index (κ1) is 13.8. The van der Waals surface area contributed by atoms with Crippen LogP contribution in [0.2, 0.25) is 0 Å². The Morgan fingerprint density at radius 1 is 1.47 bits per heavy atom. The highest BCUT2D eigenvalue weighted by atomic mass is 16.4. The third-order valence-electron chi connectivity index (χ3n) is 3.70. The van der Waals surface area contributed by atoms with E-state index in [2.05, 4.69) is 28.7 Å². The molecule has 1 aromatic heterocycles. The lowest BCUT2D eigenvalue weighted by atomic mass is 10.0. The Balaban J connectivity index is 2.48. The van der Waals surface area contributed by atoms with Crippen LogP contribution in [-0.2, 0) is 0 Å². The molecule has 1 N–H and O–H groups in total. The molecule has 0 atom stereocenters. The number of nitrogens with zero attached hydrogens (tertiary/aromatic N) is 3. The van der Waals surface area contributed by atoms with E-state index in [0.717, 1.165) is 19.4 Å². The molecule has 1 aliphatic rings. The number of carbonyl (C=O) groups is 1. The second-order valence-electron chi connectivity index (χ2n) is 5.99. The van der Waals surface area contributed by atoms with E-state index in [-0.39, 0.29) is 17.2 Å². The molecule has 1 saturated heterocycles. The van der Waals surface area contributed by atoms with Crippen LogP contribution in [0.15, 0.2) is 6.20 Å². The second kappa shape index (κ2) is 4.79. The van der Waals surface area contributed by atoms with Crippen molar-refractivity contribution in [1.29, 1.82) is 0 Å². The molecule has 2 heterocycles. The highest BCUT2D eigenvalue weighted by molar-refractivity contribution is 5.92. The summed E-state index contributed by atoms with van der Waals surface area (Å²) in [5.41, 5.74) is 0.723. The number of anilines is 1. The maximum Gasteiger partial charge on any atom is 0.356 e. The smallest absolute Gasteiger partial charge is 0.356 e. The summed E-state index contributed by atoms with van der Waals surface area (Å²) in [6, 6.07) is 0. The van der Waals surface area contributed by atoms with Crippen LogP contribution < -0.4 is 4.90 Å². The Bertz CT molecular complexity index is 497. The van der Waals surface area contributed by atoms with Gasteiger partial charge in [-0.15, -0.1) is 0 Å². The summed E-state index contributed by atoms with van der Waals surface area (Å²) in [4.78, 5) is 22.1. The number of aromatic nitrogens is 2. The predicted octanol–water partition coefficient (Wildman–Crippen LogP) is 2.68. The second-order valence-corrected chi connectivity index (χ2v) is 5.99. The summed E-state index contributed by atoms with van der Waals surface area (Å²) in [6.07, 6.45) is 3.79. The monoisotopic (exact) mass is 263 g/mol. The van der Waals surface area contributed by atoms with Gasteiger partial charge in [0.25, 0.3) is 0 Å². The van der Waals surface area contributed by atoms with Crippen molar-refractivity contribution in [3.63, 3.8) is 0 Å². The molecule has 104 valence electrons. The molecule has 0 radical (unpaired) electrons. The van der Waals surface area contributed by atoms with E-state index >= 15 is 0 Å². The fourth-order valence-corrected chi connectivity index (χ4v) is 2.58. The molecule has 0 spiro atoms. The maximum atomic E-state index is 11.4. The Morgan fingerprint density at radius 3 is 2.63 bits per heavy atom. The van der Waals surface area contributed by atoms with E-state index in [1.165, 1.54) is 0 Å². The zero-order valence-electron chi connectivity index (χ0n) is 12.0. The summed E-state index contributed by atoms with van der Waals surface area (Å²) >= 11 is 0. The van der Waals surface area contributed by atoms with E-state index < -0.39 is 5.97 Å². The van der Waals surface area contributed by atoms with Crippen molar-refractivity contribution in [3.8, 4) is 0 Å². The lowest BCUT2D eigenvalue weighted by molar-refractivity contribution is 0.0690. The van der Waals surface area contributed by atoms with Gasteiger partial charge in [-0.2, -0.15) is 0 Å². The number of carboxylic acid groups (broad SMARTS) is 1. The third kappa shape index (κ3) is 2.55. The average molecular weight is 263 g/mol. The number of carboxylic acids is 1. The highest BCUT2D eigenvalue weighted by Crippen LogP contribution is 2.34. The van der Waals surface area contributed by atoms with Crippen molar-refractivity contribution in [3.05, 3.63) is 17.7 Å². The van der Waals surface area contributed by atoms with Crippen molar-refractivity contribution in [2.45, 2.75) is 52.0 Å². The van der Waals surface area contributed by atoms with E-state index in [1.807, 2.05) is 13.8 Å². The molecule has 1 aromatic rings. The SMILES string of the molecule is CC(C)c1ncc(N2CCCC2(C)C)c(C(=O)O)n1. The summed E-state index contributed by atoms with van der Waals surface area (Å²) in [5.74, 6) is -0.279. The predicted molar refractivity (Wildman–Crippen MR) is 73.7 cm³/mol. The third-order valence-corrected chi connectivity index (χ3v) is 3.70. The van der Waals surface area contributed by atoms with Crippen LogP contribution in [0.25, 0.3) is 0 Å². The zero-order valence-corrected chi connectivity index (χ0v) is 12.0. The Hall–Kier alpha value is -1.65. The van der Waals surface area contributed by atoms with E-state index in [9.17, 15) is 9.90 Å². The van der Waals surface area contributed by atoms with Gasteiger partial charge in [-0.3, -0.25) is 0 Å². The van der Waals surface area contributed by atoms with Crippen LogP contribution in [0.3, 0.4) is 0 Å². The lowest BCUT2D eigenvalue weighted by Gasteiger charge is -2.34. The van der Waals surface area contributed by atoms with Gasteiger partial charge in [-0.25, -0.2) is 14.8 Å². The van der Waals surface area contributed by atoms with Crippen molar-refractivity contribution < 1.29 is 9.90 Å². The van der Waals surface area contributed by atoms with Crippen LogP contribution in [0.1, 0.15) is 62.8 Å². The fraction of sp³-hybridized carbons (Fsp3) is 0.643. The van der Waals surface area contributed by atoms with E-state index in [1.54, 1.807) is 6.20 Å².